The number of rotatable bonds is 4. The van der Waals surface area contributed by atoms with Crippen molar-refractivity contribution < 1.29 is 13.5 Å². The second kappa shape index (κ2) is 4.82. The highest BCUT2D eigenvalue weighted by atomic mass is 32.2. The fourth-order valence-electron chi connectivity index (χ4n) is 1.23. The fraction of sp³-hybridized carbons (Fsp3) is 0.400. The third-order valence-corrected chi connectivity index (χ3v) is 3.75. The van der Waals surface area contributed by atoms with Crippen molar-refractivity contribution in [2.24, 2.45) is 0 Å². The largest absolute Gasteiger partial charge is 0.398 e. The second-order valence-electron chi connectivity index (χ2n) is 3.67. The van der Waals surface area contributed by atoms with E-state index in [2.05, 4.69) is 4.72 Å². The van der Waals surface area contributed by atoms with Gasteiger partial charge in [0, 0.05) is 12.2 Å². The number of hydrogen-bond acceptors (Lipinski definition) is 4. The molecule has 0 radical (unpaired) electrons. The van der Waals surface area contributed by atoms with Gasteiger partial charge in [0.15, 0.2) is 0 Å². The van der Waals surface area contributed by atoms with E-state index in [9.17, 15) is 8.42 Å². The average Bonchev–Trinajstić information content (AvgIpc) is 2.19. The summed E-state index contributed by atoms with van der Waals surface area (Å²) in [5, 5.41) is 9.03. The summed E-state index contributed by atoms with van der Waals surface area (Å²) in [6.07, 6.45) is -0.726. The third kappa shape index (κ3) is 2.94. The number of sulfonamides is 1. The van der Waals surface area contributed by atoms with Gasteiger partial charge in [0.25, 0.3) is 0 Å². The zero-order valence-electron chi connectivity index (χ0n) is 9.27. The summed E-state index contributed by atoms with van der Waals surface area (Å²) in [6.45, 7) is 3.14. The molecule has 0 spiro atoms. The van der Waals surface area contributed by atoms with E-state index < -0.39 is 16.1 Å². The maximum atomic E-state index is 11.8. The van der Waals surface area contributed by atoms with Gasteiger partial charge >= 0.3 is 0 Å². The highest BCUT2D eigenvalue weighted by Gasteiger charge is 2.17. The van der Waals surface area contributed by atoms with Gasteiger partial charge < -0.3 is 10.8 Å². The van der Waals surface area contributed by atoms with E-state index in [4.69, 9.17) is 10.8 Å². The van der Waals surface area contributed by atoms with Crippen LogP contribution in [0.1, 0.15) is 12.5 Å². The molecule has 0 saturated carbocycles. The Labute approximate surface area is 95.3 Å². The summed E-state index contributed by atoms with van der Waals surface area (Å²) in [5.74, 6) is 0. The molecular weight excluding hydrogens is 228 g/mol. The molecule has 0 unspecified atom stereocenters. The third-order valence-electron chi connectivity index (χ3n) is 2.18. The van der Waals surface area contributed by atoms with Crippen molar-refractivity contribution >= 4 is 15.7 Å². The van der Waals surface area contributed by atoms with E-state index in [0.29, 0.717) is 11.3 Å². The van der Waals surface area contributed by atoms with Crippen LogP contribution in [0.5, 0.6) is 0 Å². The van der Waals surface area contributed by atoms with Crippen LogP contribution >= 0.6 is 0 Å². The predicted molar refractivity (Wildman–Crippen MR) is 62.5 cm³/mol. The lowest BCUT2D eigenvalue weighted by Crippen LogP contribution is -2.31. The van der Waals surface area contributed by atoms with Gasteiger partial charge in [-0.2, -0.15) is 0 Å². The van der Waals surface area contributed by atoms with Crippen LogP contribution in [0.2, 0.25) is 0 Å². The lowest BCUT2D eigenvalue weighted by Gasteiger charge is -2.11. The lowest BCUT2D eigenvalue weighted by molar-refractivity contribution is 0.198. The molecule has 0 amide bonds. The molecule has 1 aromatic carbocycles. The highest BCUT2D eigenvalue weighted by molar-refractivity contribution is 7.89. The number of nitrogens with one attached hydrogen (secondary N) is 1. The Morgan fingerprint density at radius 2 is 2.12 bits per heavy atom. The van der Waals surface area contributed by atoms with E-state index in [1.54, 1.807) is 19.1 Å². The molecule has 5 nitrogen and oxygen atoms in total. The van der Waals surface area contributed by atoms with Crippen molar-refractivity contribution in [2.45, 2.75) is 24.8 Å². The molecule has 0 aliphatic heterocycles. The Morgan fingerprint density at radius 3 is 2.69 bits per heavy atom. The van der Waals surface area contributed by atoms with Crippen molar-refractivity contribution in [1.82, 2.24) is 4.72 Å². The standard InChI is InChI=1S/C10H16N2O3S/c1-7(13)6-12-16(14,15)10-5-3-4-9(11)8(10)2/h3-5,7,12-13H,6,11H2,1-2H3/t7-/m0/s1. The summed E-state index contributed by atoms with van der Waals surface area (Å²) in [4.78, 5) is 0.146. The van der Waals surface area contributed by atoms with E-state index in [1.165, 1.54) is 13.0 Å². The molecule has 0 fully saturated rings. The number of benzene rings is 1. The van der Waals surface area contributed by atoms with Gasteiger partial charge in [-0.3, -0.25) is 0 Å². The first-order valence-corrected chi connectivity index (χ1v) is 6.35. The molecule has 0 heterocycles. The number of aliphatic hydroxyl groups excluding tert-OH is 1. The summed E-state index contributed by atoms with van der Waals surface area (Å²) in [6, 6.07) is 4.71. The van der Waals surface area contributed by atoms with Crippen molar-refractivity contribution in [1.29, 1.82) is 0 Å². The van der Waals surface area contributed by atoms with Crippen LogP contribution in [-0.4, -0.2) is 26.2 Å². The van der Waals surface area contributed by atoms with Crippen LogP contribution in [0.4, 0.5) is 5.69 Å². The smallest absolute Gasteiger partial charge is 0.240 e. The van der Waals surface area contributed by atoms with Gasteiger partial charge in [0.2, 0.25) is 10.0 Å². The molecule has 16 heavy (non-hydrogen) atoms. The topological polar surface area (TPSA) is 92.4 Å². The zero-order valence-corrected chi connectivity index (χ0v) is 10.1. The number of aliphatic hydroxyl groups is 1. The minimum absolute atomic E-state index is 0.0173. The van der Waals surface area contributed by atoms with Crippen molar-refractivity contribution in [3.8, 4) is 0 Å². The normalized spacial score (nSPS) is 13.7. The Morgan fingerprint density at radius 1 is 1.50 bits per heavy atom. The molecule has 1 atom stereocenters. The number of hydrogen-bond donors (Lipinski definition) is 3. The number of nitrogen functional groups attached to an aromatic ring is 1. The van der Waals surface area contributed by atoms with E-state index in [-0.39, 0.29) is 11.4 Å². The molecule has 0 aliphatic rings. The van der Waals surface area contributed by atoms with Gasteiger partial charge in [-0.15, -0.1) is 0 Å². The summed E-state index contributed by atoms with van der Waals surface area (Å²) in [5.41, 5.74) is 6.58. The van der Waals surface area contributed by atoms with Crippen LogP contribution in [0.25, 0.3) is 0 Å². The summed E-state index contributed by atoms with van der Waals surface area (Å²) >= 11 is 0. The Hall–Kier alpha value is -1.11. The van der Waals surface area contributed by atoms with Crippen LogP contribution in [0.15, 0.2) is 23.1 Å². The molecule has 1 aromatic rings. The van der Waals surface area contributed by atoms with Crippen molar-refractivity contribution in [3.63, 3.8) is 0 Å². The first kappa shape index (κ1) is 13.0. The molecule has 0 aliphatic carbocycles. The second-order valence-corrected chi connectivity index (χ2v) is 5.41. The van der Waals surface area contributed by atoms with Gasteiger partial charge in [-0.05, 0) is 31.5 Å². The van der Waals surface area contributed by atoms with Crippen molar-refractivity contribution in [3.05, 3.63) is 23.8 Å². The summed E-state index contributed by atoms with van der Waals surface area (Å²) < 4.78 is 26.0. The van der Waals surface area contributed by atoms with Gasteiger partial charge in [-0.25, -0.2) is 13.1 Å². The Kier molecular flexibility index (Phi) is 3.90. The number of anilines is 1. The Bertz CT molecular complexity index is 469. The molecule has 1 rings (SSSR count). The first-order valence-electron chi connectivity index (χ1n) is 4.87. The van der Waals surface area contributed by atoms with Crippen LogP contribution in [0.3, 0.4) is 0 Å². The molecule has 4 N–H and O–H groups in total. The predicted octanol–water partition coefficient (Wildman–Crippen LogP) is 0.236. The molecule has 0 saturated heterocycles. The minimum atomic E-state index is -3.60. The lowest BCUT2D eigenvalue weighted by atomic mass is 10.2. The summed E-state index contributed by atoms with van der Waals surface area (Å²) in [7, 11) is -3.60. The number of nitrogens with two attached hydrogens (primary N) is 1. The Balaban J connectivity index is 3.03. The first-order chi connectivity index (χ1) is 7.34. The van der Waals surface area contributed by atoms with Gasteiger partial charge in [0.05, 0.1) is 11.0 Å². The average molecular weight is 244 g/mol. The molecule has 0 aromatic heterocycles. The van der Waals surface area contributed by atoms with Crippen LogP contribution in [0, 0.1) is 6.92 Å². The maximum absolute atomic E-state index is 11.8. The SMILES string of the molecule is Cc1c(N)cccc1S(=O)(=O)NC[C@H](C)O. The molecule has 6 heteroatoms. The monoisotopic (exact) mass is 244 g/mol. The van der Waals surface area contributed by atoms with E-state index in [0.717, 1.165) is 0 Å². The van der Waals surface area contributed by atoms with Crippen LogP contribution in [-0.2, 0) is 10.0 Å². The van der Waals surface area contributed by atoms with Gasteiger partial charge in [-0.1, -0.05) is 6.07 Å². The van der Waals surface area contributed by atoms with Crippen LogP contribution < -0.4 is 10.5 Å². The molecule has 90 valence electrons. The maximum Gasteiger partial charge on any atom is 0.240 e. The van der Waals surface area contributed by atoms with Gasteiger partial charge in [0.1, 0.15) is 0 Å². The van der Waals surface area contributed by atoms with Crippen molar-refractivity contribution in [2.75, 3.05) is 12.3 Å². The molecule has 0 bridgehead atoms. The van der Waals surface area contributed by atoms with E-state index >= 15 is 0 Å². The van der Waals surface area contributed by atoms with E-state index in [1.807, 2.05) is 0 Å². The fourth-order valence-corrected chi connectivity index (χ4v) is 2.63. The zero-order chi connectivity index (χ0) is 12.3. The quantitative estimate of drug-likeness (QED) is 0.661. The molecular formula is C10H16N2O3S. The minimum Gasteiger partial charge on any atom is -0.398 e. The highest BCUT2D eigenvalue weighted by Crippen LogP contribution is 2.19.